The van der Waals surface area contributed by atoms with Gasteiger partial charge in [0.25, 0.3) is 0 Å². The lowest BCUT2D eigenvalue weighted by molar-refractivity contribution is -0.130. The number of allylic oxidation sites excluding steroid dienone is 1. The second-order valence-corrected chi connectivity index (χ2v) is 12.9. The van der Waals surface area contributed by atoms with Crippen molar-refractivity contribution < 1.29 is 8.42 Å². The Morgan fingerprint density at radius 1 is 1.00 bits per heavy atom. The average molecular weight is 335 g/mol. The predicted octanol–water partition coefficient (Wildman–Crippen LogP) is 4.65. The summed E-state index contributed by atoms with van der Waals surface area (Å²) in [6.45, 7) is 5.04. The molecule has 0 aromatic heterocycles. The first-order valence-electron chi connectivity index (χ1n) is 9.66. The highest BCUT2D eigenvalue weighted by Crippen LogP contribution is 2.72. The Hall–Kier alpha value is -0.310. The van der Waals surface area contributed by atoms with Crippen molar-refractivity contribution in [2.45, 2.75) is 88.6 Å². The van der Waals surface area contributed by atoms with E-state index >= 15 is 0 Å². The molecular weight excluding hydrogens is 304 g/mol. The molecule has 0 N–H and O–H groups in total. The first kappa shape index (κ1) is 15.0. The first-order valence-corrected chi connectivity index (χ1v) is 11.3. The van der Waals surface area contributed by atoms with E-state index in [1.807, 2.05) is 0 Å². The van der Waals surface area contributed by atoms with Crippen molar-refractivity contribution in [3.63, 3.8) is 0 Å². The van der Waals surface area contributed by atoms with Gasteiger partial charge in [-0.15, -0.1) is 0 Å². The summed E-state index contributed by atoms with van der Waals surface area (Å²) in [5.41, 5.74) is 2.96. The van der Waals surface area contributed by atoms with Crippen LogP contribution in [-0.2, 0) is 9.84 Å². The van der Waals surface area contributed by atoms with Crippen LogP contribution in [0.4, 0.5) is 0 Å². The Morgan fingerprint density at radius 2 is 1.70 bits per heavy atom. The van der Waals surface area contributed by atoms with Crippen molar-refractivity contribution in [2.75, 3.05) is 0 Å². The van der Waals surface area contributed by atoms with Crippen LogP contribution < -0.4 is 0 Å². The highest BCUT2D eigenvalue weighted by molar-refractivity contribution is 7.92. The molecule has 4 aliphatic carbocycles. The van der Waals surface area contributed by atoms with E-state index in [1.165, 1.54) is 38.5 Å². The predicted molar refractivity (Wildman–Crippen MR) is 92.9 cm³/mol. The molecule has 128 valence electrons. The second kappa shape index (κ2) is 4.26. The highest BCUT2D eigenvalue weighted by Gasteiger charge is 2.61. The van der Waals surface area contributed by atoms with Crippen LogP contribution in [0.25, 0.3) is 0 Å². The normalized spacial score (nSPS) is 56.4. The molecule has 1 saturated heterocycles. The summed E-state index contributed by atoms with van der Waals surface area (Å²) in [6, 6.07) is 0. The molecule has 6 bridgehead atoms. The van der Waals surface area contributed by atoms with E-state index in [4.69, 9.17) is 0 Å². The summed E-state index contributed by atoms with van der Waals surface area (Å²) in [5.74, 6) is 0.889. The molecule has 5 fully saturated rings. The summed E-state index contributed by atoms with van der Waals surface area (Å²) < 4.78 is 25.3. The average Bonchev–Trinajstić information content (AvgIpc) is 2.31. The zero-order chi connectivity index (χ0) is 16.1. The maximum atomic E-state index is 12.6. The molecule has 0 amide bonds. The van der Waals surface area contributed by atoms with E-state index < -0.39 is 9.84 Å². The van der Waals surface area contributed by atoms with Crippen LogP contribution in [0.15, 0.2) is 11.6 Å². The Bertz CT molecular complexity index is 670. The summed E-state index contributed by atoms with van der Waals surface area (Å²) in [5, 5.41) is -0.214. The van der Waals surface area contributed by atoms with Gasteiger partial charge in [0.1, 0.15) is 0 Å². The number of hydrogen-bond acceptors (Lipinski definition) is 2. The Balaban J connectivity index is 1.58. The number of rotatable bonds is 1. The van der Waals surface area contributed by atoms with Crippen LogP contribution in [-0.4, -0.2) is 18.9 Å². The Kier molecular flexibility index (Phi) is 2.77. The van der Waals surface area contributed by atoms with E-state index in [0.717, 1.165) is 31.6 Å². The van der Waals surface area contributed by atoms with Gasteiger partial charge in [-0.05, 0) is 80.0 Å². The fourth-order valence-electron chi connectivity index (χ4n) is 8.26. The molecule has 4 saturated carbocycles. The molecule has 4 atom stereocenters. The molecule has 0 aromatic carbocycles. The van der Waals surface area contributed by atoms with Gasteiger partial charge in [-0.2, -0.15) is 0 Å². The maximum Gasteiger partial charge on any atom is 0.159 e. The number of hydrogen-bond donors (Lipinski definition) is 0. The molecule has 2 nitrogen and oxygen atoms in total. The Morgan fingerprint density at radius 3 is 2.30 bits per heavy atom. The lowest BCUT2D eigenvalue weighted by atomic mass is 9.39. The molecule has 6 aliphatic rings. The second-order valence-electron chi connectivity index (χ2n) is 10.5. The molecule has 3 heteroatoms. The fourth-order valence-corrected chi connectivity index (χ4v) is 10.5. The van der Waals surface area contributed by atoms with Crippen molar-refractivity contribution in [1.29, 1.82) is 0 Å². The SMILES string of the molecule is CC12CC3CC(C)(C1)CC(C1=CC4CCCC(C1)S4(=O)=O)(C3)C2. The van der Waals surface area contributed by atoms with E-state index in [9.17, 15) is 8.42 Å². The van der Waals surface area contributed by atoms with Crippen LogP contribution in [0, 0.1) is 22.2 Å². The van der Waals surface area contributed by atoms with Gasteiger partial charge in [0.2, 0.25) is 0 Å². The van der Waals surface area contributed by atoms with Crippen LogP contribution >= 0.6 is 0 Å². The first-order chi connectivity index (χ1) is 10.7. The third-order valence-electron chi connectivity index (χ3n) is 8.04. The van der Waals surface area contributed by atoms with Crippen LogP contribution in [0.1, 0.15) is 78.1 Å². The molecule has 2 aliphatic heterocycles. The standard InChI is InChI=1S/C20H30O2S/c1-18-8-14-9-19(2,11-18)13-20(10-14,12-18)15-6-16-4-3-5-17(7-15)23(16,21)22/h6,14,16-17H,3-5,7-13H2,1-2H3. The van der Waals surface area contributed by atoms with Gasteiger partial charge in [0.05, 0.1) is 10.5 Å². The summed E-state index contributed by atoms with van der Waals surface area (Å²) in [6.07, 6.45) is 14.2. The smallest absolute Gasteiger partial charge is 0.159 e. The van der Waals surface area contributed by atoms with E-state index in [2.05, 4.69) is 19.9 Å². The monoisotopic (exact) mass is 334 g/mol. The zero-order valence-corrected chi connectivity index (χ0v) is 15.4. The summed E-state index contributed by atoms with van der Waals surface area (Å²) in [4.78, 5) is 0. The molecule has 0 spiro atoms. The van der Waals surface area contributed by atoms with Crippen molar-refractivity contribution in [3.05, 3.63) is 11.6 Å². The summed E-state index contributed by atoms with van der Waals surface area (Å²) >= 11 is 0. The largest absolute Gasteiger partial charge is 0.228 e. The van der Waals surface area contributed by atoms with Gasteiger partial charge in [-0.1, -0.05) is 31.9 Å². The van der Waals surface area contributed by atoms with Gasteiger partial charge in [0.15, 0.2) is 9.84 Å². The van der Waals surface area contributed by atoms with Gasteiger partial charge >= 0.3 is 0 Å². The van der Waals surface area contributed by atoms with Crippen molar-refractivity contribution >= 4 is 9.84 Å². The quantitative estimate of drug-likeness (QED) is 0.654. The maximum absolute atomic E-state index is 12.6. The molecule has 0 radical (unpaired) electrons. The van der Waals surface area contributed by atoms with Crippen LogP contribution in [0.3, 0.4) is 0 Å². The molecule has 23 heavy (non-hydrogen) atoms. The number of fused-ring (bicyclic) bond motifs is 2. The van der Waals surface area contributed by atoms with E-state index in [1.54, 1.807) is 5.57 Å². The lowest BCUT2D eigenvalue weighted by Crippen LogP contribution is -2.56. The number of sulfone groups is 1. The van der Waals surface area contributed by atoms with Gasteiger partial charge in [0, 0.05) is 0 Å². The van der Waals surface area contributed by atoms with Crippen molar-refractivity contribution in [1.82, 2.24) is 0 Å². The molecule has 0 aromatic rings. The Labute approximate surface area is 141 Å². The highest BCUT2D eigenvalue weighted by atomic mass is 32.2. The molecule has 2 heterocycles. The molecular formula is C20H30O2S. The summed E-state index contributed by atoms with van der Waals surface area (Å²) in [7, 11) is -2.88. The molecule has 4 unspecified atom stereocenters. The zero-order valence-electron chi connectivity index (χ0n) is 14.6. The topological polar surface area (TPSA) is 34.1 Å². The minimum absolute atomic E-state index is 0.0603. The lowest BCUT2D eigenvalue weighted by Gasteiger charge is -2.66. The van der Waals surface area contributed by atoms with Crippen molar-refractivity contribution in [3.8, 4) is 0 Å². The van der Waals surface area contributed by atoms with E-state index in [0.29, 0.717) is 16.2 Å². The van der Waals surface area contributed by atoms with E-state index in [-0.39, 0.29) is 10.5 Å². The van der Waals surface area contributed by atoms with Gasteiger partial charge in [-0.25, -0.2) is 8.42 Å². The van der Waals surface area contributed by atoms with Crippen LogP contribution in [0.2, 0.25) is 0 Å². The minimum atomic E-state index is -2.88. The van der Waals surface area contributed by atoms with Gasteiger partial charge in [-0.3, -0.25) is 0 Å². The fraction of sp³-hybridized carbons (Fsp3) is 0.900. The van der Waals surface area contributed by atoms with Crippen molar-refractivity contribution in [2.24, 2.45) is 22.2 Å². The van der Waals surface area contributed by atoms with Crippen LogP contribution in [0.5, 0.6) is 0 Å². The third kappa shape index (κ3) is 2.01. The van der Waals surface area contributed by atoms with Gasteiger partial charge < -0.3 is 0 Å². The minimum Gasteiger partial charge on any atom is -0.228 e. The molecule has 6 rings (SSSR count). The third-order valence-corrected chi connectivity index (χ3v) is 10.6.